The predicted molar refractivity (Wildman–Crippen MR) is 110 cm³/mol. The molecule has 0 spiro atoms. The Morgan fingerprint density at radius 1 is 1.16 bits per heavy atom. The summed E-state index contributed by atoms with van der Waals surface area (Å²) in [6, 6.07) is 9.45. The highest BCUT2D eigenvalue weighted by atomic mass is 19.4. The molecule has 0 radical (unpaired) electrons. The summed E-state index contributed by atoms with van der Waals surface area (Å²) in [6.07, 6.45) is -2.21. The van der Waals surface area contributed by atoms with Gasteiger partial charge >= 0.3 is 6.18 Å². The minimum Gasteiger partial charge on any atom is -0.490 e. The number of nitrogens with one attached hydrogen (secondary N) is 1. The second kappa shape index (κ2) is 10.5. The minimum absolute atomic E-state index is 0.0327. The molecule has 1 fully saturated rings. The maximum Gasteiger partial charge on any atom is 0.417 e. The van der Waals surface area contributed by atoms with Gasteiger partial charge in [0.05, 0.1) is 17.7 Å². The van der Waals surface area contributed by atoms with E-state index in [0.717, 1.165) is 12.3 Å². The van der Waals surface area contributed by atoms with Gasteiger partial charge in [0.15, 0.2) is 0 Å². The zero-order chi connectivity index (χ0) is 22.3. The molecule has 3 rings (SSSR count). The van der Waals surface area contributed by atoms with Crippen molar-refractivity contribution in [2.45, 2.75) is 32.0 Å². The van der Waals surface area contributed by atoms with E-state index < -0.39 is 11.7 Å². The van der Waals surface area contributed by atoms with Gasteiger partial charge in [0.25, 0.3) is 5.91 Å². The number of piperidine rings is 1. The molecule has 168 valence electrons. The largest absolute Gasteiger partial charge is 0.490 e. The summed E-state index contributed by atoms with van der Waals surface area (Å²) in [6.45, 7) is 4.50. The highest BCUT2D eigenvalue weighted by Crippen LogP contribution is 2.30. The number of carbonyl (C=O) groups is 1. The Bertz CT molecular complexity index is 851. The maximum atomic E-state index is 12.8. The van der Waals surface area contributed by atoms with Crippen molar-refractivity contribution in [3.63, 3.8) is 0 Å². The molecule has 1 aliphatic heterocycles. The Labute approximate surface area is 179 Å². The quantitative estimate of drug-likeness (QED) is 0.635. The average Bonchev–Trinajstić information content (AvgIpc) is 2.77. The summed E-state index contributed by atoms with van der Waals surface area (Å²) in [5, 5.41) is 3.03. The molecule has 2 heterocycles. The minimum atomic E-state index is -4.40. The summed E-state index contributed by atoms with van der Waals surface area (Å²) < 4.78 is 49.0. The lowest BCUT2D eigenvalue weighted by Crippen LogP contribution is -2.45. The highest BCUT2D eigenvalue weighted by Gasteiger charge is 2.31. The first kappa shape index (κ1) is 22.9. The molecule has 1 N–H and O–H groups in total. The predicted octanol–water partition coefficient (Wildman–Crippen LogP) is 3.91. The summed E-state index contributed by atoms with van der Waals surface area (Å²) >= 11 is 0. The van der Waals surface area contributed by atoms with E-state index >= 15 is 0 Å². The van der Waals surface area contributed by atoms with E-state index in [2.05, 4.69) is 10.3 Å². The van der Waals surface area contributed by atoms with Crippen molar-refractivity contribution in [3.05, 3.63) is 53.7 Å². The van der Waals surface area contributed by atoms with Gasteiger partial charge in [0, 0.05) is 31.9 Å². The number of para-hydroxylation sites is 1. The van der Waals surface area contributed by atoms with Crippen molar-refractivity contribution >= 4 is 11.7 Å². The molecule has 1 aromatic heterocycles. The summed E-state index contributed by atoms with van der Waals surface area (Å²) in [4.78, 5) is 18.6. The molecule has 0 atom stereocenters. The molecule has 1 aliphatic rings. The maximum absolute atomic E-state index is 12.8. The standard InChI is InChI=1S/C22H26F3N3O3/c1-2-30-13-14-31-19-6-4-3-5-18(19)21(29)27-17-9-11-28(12-10-17)20-8-7-16(15-26-20)22(23,24)25/h3-8,15,17H,2,9-14H2,1H3,(H,27,29). The van der Waals surface area contributed by atoms with Crippen LogP contribution in [-0.2, 0) is 10.9 Å². The highest BCUT2D eigenvalue weighted by molar-refractivity contribution is 5.97. The first-order valence-corrected chi connectivity index (χ1v) is 10.3. The van der Waals surface area contributed by atoms with E-state index in [-0.39, 0.29) is 11.9 Å². The van der Waals surface area contributed by atoms with Crippen LogP contribution < -0.4 is 15.0 Å². The molecule has 9 heteroatoms. The molecule has 6 nitrogen and oxygen atoms in total. The Kier molecular flexibility index (Phi) is 7.73. The Balaban J connectivity index is 1.52. The Morgan fingerprint density at radius 2 is 1.90 bits per heavy atom. The molecule has 0 unspecified atom stereocenters. The second-order valence-corrected chi connectivity index (χ2v) is 7.18. The number of benzene rings is 1. The van der Waals surface area contributed by atoms with Crippen LogP contribution in [0.4, 0.5) is 19.0 Å². The van der Waals surface area contributed by atoms with Gasteiger partial charge in [-0.2, -0.15) is 13.2 Å². The van der Waals surface area contributed by atoms with Crippen LogP contribution in [0, 0.1) is 0 Å². The van der Waals surface area contributed by atoms with E-state index in [1.54, 1.807) is 18.2 Å². The number of aromatic nitrogens is 1. The molecule has 1 amide bonds. The van der Waals surface area contributed by atoms with E-state index in [1.165, 1.54) is 6.07 Å². The molecule has 0 saturated carbocycles. The van der Waals surface area contributed by atoms with Crippen LogP contribution in [0.25, 0.3) is 0 Å². The number of pyridine rings is 1. The summed E-state index contributed by atoms with van der Waals surface area (Å²) in [5.74, 6) is 0.801. The van der Waals surface area contributed by atoms with Gasteiger partial charge in [-0.15, -0.1) is 0 Å². The van der Waals surface area contributed by atoms with Gasteiger partial charge in [-0.3, -0.25) is 4.79 Å². The SMILES string of the molecule is CCOCCOc1ccccc1C(=O)NC1CCN(c2ccc(C(F)(F)F)cn2)CC1. The van der Waals surface area contributed by atoms with Crippen LogP contribution in [0.3, 0.4) is 0 Å². The first-order chi connectivity index (χ1) is 14.9. The molecule has 0 aliphatic carbocycles. The van der Waals surface area contributed by atoms with Crippen molar-refractivity contribution in [3.8, 4) is 5.75 Å². The van der Waals surface area contributed by atoms with Gasteiger partial charge in [0.1, 0.15) is 18.2 Å². The van der Waals surface area contributed by atoms with Crippen LogP contribution in [0.1, 0.15) is 35.7 Å². The summed E-state index contributed by atoms with van der Waals surface area (Å²) in [7, 11) is 0. The third kappa shape index (κ3) is 6.33. The van der Waals surface area contributed by atoms with Crippen LogP contribution in [0.5, 0.6) is 5.75 Å². The molecule has 1 saturated heterocycles. The summed E-state index contributed by atoms with van der Waals surface area (Å²) in [5.41, 5.74) is -0.300. The van der Waals surface area contributed by atoms with Crippen LogP contribution in [-0.4, -0.2) is 49.8 Å². The molecular weight excluding hydrogens is 411 g/mol. The Hall–Kier alpha value is -2.81. The number of amides is 1. The number of hydrogen-bond donors (Lipinski definition) is 1. The number of anilines is 1. The number of ether oxygens (including phenoxy) is 2. The topological polar surface area (TPSA) is 63.7 Å². The van der Waals surface area contributed by atoms with Crippen molar-refractivity contribution in [2.75, 3.05) is 37.8 Å². The second-order valence-electron chi connectivity index (χ2n) is 7.18. The van der Waals surface area contributed by atoms with E-state index in [0.29, 0.717) is 62.9 Å². The van der Waals surface area contributed by atoms with Gasteiger partial charge in [0.2, 0.25) is 0 Å². The lowest BCUT2D eigenvalue weighted by molar-refractivity contribution is -0.137. The molecule has 1 aromatic carbocycles. The van der Waals surface area contributed by atoms with Crippen molar-refractivity contribution in [1.29, 1.82) is 0 Å². The fourth-order valence-electron chi connectivity index (χ4n) is 3.39. The van der Waals surface area contributed by atoms with Crippen LogP contribution >= 0.6 is 0 Å². The lowest BCUT2D eigenvalue weighted by Gasteiger charge is -2.33. The first-order valence-electron chi connectivity index (χ1n) is 10.3. The van der Waals surface area contributed by atoms with Gasteiger partial charge < -0.3 is 19.7 Å². The number of halogens is 3. The molecular formula is C22H26F3N3O3. The molecule has 0 bridgehead atoms. The van der Waals surface area contributed by atoms with Crippen LogP contribution in [0.15, 0.2) is 42.6 Å². The van der Waals surface area contributed by atoms with E-state index in [9.17, 15) is 18.0 Å². The number of hydrogen-bond acceptors (Lipinski definition) is 5. The van der Waals surface area contributed by atoms with Gasteiger partial charge in [-0.1, -0.05) is 12.1 Å². The number of rotatable bonds is 8. The fraction of sp³-hybridized carbons (Fsp3) is 0.455. The monoisotopic (exact) mass is 437 g/mol. The lowest BCUT2D eigenvalue weighted by atomic mass is 10.0. The average molecular weight is 437 g/mol. The fourth-order valence-corrected chi connectivity index (χ4v) is 3.39. The van der Waals surface area contributed by atoms with E-state index in [4.69, 9.17) is 9.47 Å². The number of carbonyl (C=O) groups excluding carboxylic acids is 1. The van der Waals surface area contributed by atoms with Gasteiger partial charge in [-0.25, -0.2) is 4.98 Å². The molecule has 2 aromatic rings. The number of nitrogens with zero attached hydrogens (tertiary/aromatic N) is 2. The third-order valence-corrected chi connectivity index (χ3v) is 5.05. The van der Waals surface area contributed by atoms with Crippen molar-refractivity contribution < 1.29 is 27.4 Å². The van der Waals surface area contributed by atoms with E-state index in [1.807, 2.05) is 17.9 Å². The van der Waals surface area contributed by atoms with Crippen molar-refractivity contribution in [1.82, 2.24) is 10.3 Å². The van der Waals surface area contributed by atoms with Crippen LogP contribution in [0.2, 0.25) is 0 Å². The number of alkyl halides is 3. The zero-order valence-corrected chi connectivity index (χ0v) is 17.3. The zero-order valence-electron chi connectivity index (χ0n) is 17.3. The third-order valence-electron chi connectivity index (χ3n) is 5.05. The molecule has 31 heavy (non-hydrogen) atoms. The normalized spacial score (nSPS) is 15.0. The smallest absolute Gasteiger partial charge is 0.417 e. The van der Waals surface area contributed by atoms with Gasteiger partial charge in [-0.05, 0) is 44.0 Å². The Morgan fingerprint density at radius 3 is 2.55 bits per heavy atom. The van der Waals surface area contributed by atoms with Crippen molar-refractivity contribution in [2.24, 2.45) is 0 Å².